The lowest BCUT2D eigenvalue weighted by atomic mass is 9.93. The highest BCUT2D eigenvalue weighted by atomic mass is 14.1. The van der Waals surface area contributed by atoms with Gasteiger partial charge in [0.1, 0.15) is 0 Å². The summed E-state index contributed by atoms with van der Waals surface area (Å²) in [5.41, 5.74) is 14.8. The number of hydrogen-bond acceptors (Lipinski definition) is 0. The molecule has 0 aromatic heterocycles. The lowest BCUT2D eigenvalue weighted by molar-refractivity contribution is 0.732. The Labute approximate surface area is 321 Å². The summed E-state index contributed by atoms with van der Waals surface area (Å²) >= 11 is 0. The maximum Gasteiger partial charge on any atom is -0.0184 e. The Balaban J connectivity index is 0.000000215. The molecule has 0 saturated carbocycles. The van der Waals surface area contributed by atoms with Crippen LogP contribution in [0.25, 0.3) is 34.4 Å². The molecular formula is C53H58. The van der Waals surface area contributed by atoms with Crippen molar-refractivity contribution in [3.63, 3.8) is 0 Å². The van der Waals surface area contributed by atoms with Crippen molar-refractivity contribution in [1.29, 1.82) is 0 Å². The van der Waals surface area contributed by atoms with E-state index in [1.807, 2.05) is 26.0 Å². The summed E-state index contributed by atoms with van der Waals surface area (Å²) in [6.45, 7) is 23.1. The van der Waals surface area contributed by atoms with Crippen LogP contribution in [0.4, 0.5) is 0 Å². The van der Waals surface area contributed by atoms with E-state index in [2.05, 4.69) is 218 Å². The summed E-state index contributed by atoms with van der Waals surface area (Å²) in [6.07, 6.45) is 9.66. The van der Waals surface area contributed by atoms with E-state index >= 15 is 0 Å². The average Bonchev–Trinajstić information content (AvgIpc) is 3.22. The van der Waals surface area contributed by atoms with Crippen molar-refractivity contribution in [3.05, 3.63) is 228 Å². The van der Waals surface area contributed by atoms with E-state index in [4.69, 9.17) is 0 Å². The second kappa shape index (κ2) is 23.0. The second-order valence-electron chi connectivity index (χ2n) is 13.0. The predicted octanol–water partition coefficient (Wildman–Crippen LogP) is 15.6. The molecule has 6 rings (SSSR count). The first-order chi connectivity index (χ1) is 25.7. The van der Waals surface area contributed by atoms with Crippen LogP contribution >= 0.6 is 0 Å². The molecule has 0 heterocycles. The standard InChI is InChI=1S/C21H24.C18H18.C12H10.C2H6/c1-5-17(3)21-9-7-6-8-20(21)15-12-18(4)19-13-10-16(2)11-14-19;1-14-8-11-18(12-9-14)16(3)10-13-17-7-5-4-6-15(17)2;1-3-7-11(8-4-1)12-9-5-2-6-10-12;1-2/h6-15,17H,4-5H2,1-3H3;4-13H,3H2,1-2H3;1-10H;1-2H3/b15-12-;13-10-;;. The van der Waals surface area contributed by atoms with Gasteiger partial charge in [0.05, 0.1) is 0 Å². The molecule has 0 amide bonds. The molecule has 6 aromatic carbocycles. The van der Waals surface area contributed by atoms with Gasteiger partial charge in [-0.05, 0) is 88.8 Å². The Kier molecular flexibility index (Phi) is 18.1. The largest absolute Gasteiger partial charge is 0.0912 e. The van der Waals surface area contributed by atoms with Crippen LogP contribution in [-0.2, 0) is 0 Å². The Morgan fingerprint density at radius 2 is 0.868 bits per heavy atom. The molecule has 6 aromatic rings. The molecule has 0 nitrogen and oxygen atoms in total. The molecule has 0 radical (unpaired) electrons. The van der Waals surface area contributed by atoms with Crippen LogP contribution in [0, 0.1) is 20.8 Å². The highest BCUT2D eigenvalue weighted by Crippen LogP contribution is 2.25. The minimum atomic E-state index is 0.582. The van der Waals surface area contributed by atoms with Crippen LogP contribution in [0.5, 0.6) is 0 Å². The fourth-order valence-corrected chi connectivity index (χ4v) is 5.47. The molecule has 0 fully saturated rings. The van der Waals surface area contributed by atoms with E-state index < -0.39 is 0 Å². The minimum absolute atomic E-state index is 0.582. The van der Waals surface area contributed by atoms with Gasteiger partial charge in [0, 0.05) is 0 Å². The molecule has 0 spiro atoms. The highest BCUT2D eigenvalue weighted by Gasteiger charge is 2.06. The Morgan fingerprint density at radius 1 is 0.491 bits per heavy atom. The molecular weight excluding hydrogens is 637 g/mol. The van der Waals surface area contributed by atoms with Crippen molar-refractivity contribution < 1.29 is 0 Å². The average molecular weight is 695 g/mol. The Bertz CT molecular complexity index is 1970. The van der Waals surface area contributed by atoms with Crippen molar-refractivity contribution >= 4 is 23.3 Å². The number of aryl methyl sites for hydroxylation is 3. The van der Waals surface area contributed by atoms with E-state index in [1.165, 1.54) is 55.6 Å². The van der Waals surface area contributed by atoms with Gasteiger partial charge in [0.2, 0.25) is 0 Å². The molecule has 0 saturated heterocycles. The smallest absolute Gasteiger partial charge is 0.0184 e. The molecule has 0 heteroatoms. The topological polar surface area (TPSA) is 0 Å². The summed E-state index contributed by atoms with van der Waals surface area (Å²) < 4.78 is 0. The van der Waals surface area contributed by atoms with E-state index in [0.29, 0.717) is 5.92 Å². The van der Waals surface area contributed by atoms with Crippen molar-refractivity contribution in [2.45, 2.75) is 60.8 Å². The Morgan fingerprint density at radius 3 is 1.30 bits per heavy atom. The van der Waals surface area contributed by atoms with E-state index in [-0.39, 0.29) is 0 Å². The van der Waals surface area contributed by atoms with Crippen LogP contribution in [0.2, 0.25) is 0 Å². The third kappa shape index (κ3) is 14.1. The van der Waals surface area contributed by atoms with Gasteiger partial charge in [0.25, 0.3) is 0 Å². The Hall–Kier alpha value is -5.72. The zero-order valence-corrected chi connectivity index (χ0v) is 33.0. The minimum Gasteiger partial charge on any atom is -0.0912 e. The first-order valence-corrected chi connectivity index (χ1v) is 18.9. The zero-order valence-electron chi connectivity index (χ0n) is 33.0. The molecule has 1 unspecified atom stereocenters. The van der Waals surface area contributed by atoms with E-state index in [1.54, 1.807) is 0 Å². The monoisotopic (exact) mass is 694 g/mol. The van der Waals surface area contributed by atoms with Crippen LogP contribution in [0.15, 0.2) is 183 Å². The summed E-state index contributed by atoms with van der Waals surface area (Å²) in [5.74, 6) is 0.582. The summed E-state index contributed by atoms with van der Waals surface area (Å²) in [4.78, 5) is 0. The molecule has 1 atom stereocenters. The summed E-state index contributed by atoms with van der Waals surface area (Å²) in [5, 5.41) is 0. The summed E-state index contributed by atoms with van der Waals surface area (Å²) in [7, 11) is 0. The first-order valence-electron chi connectivity index (χ1n) is 18.9. The molecule has 53 heavy (non-hydrogen) atoms. The molecule has 0 N–H and O–H groups in total. The number of hydrogen-bond donors (Lipinski definition) is 0. The molecule has 0 bridgehead atoms. The fraction of sp³-hybridized carbons (Fsp3) is 0.170. The lowest BCUT2D eigenvalue weighted by Gasteiger charge is -2.12. The van der Waals surface area contributed by atoms with Crippen molar-refractivity contribution in [2.75, 3.05) is 0 Å². The molecule has 0 aliphatic heterocycles. The van der Waals surface area contributed by atoms with Gasteiger partial charge in [-0.2, -0.15) is 0 Å². The van der Waals surface area contributed by atoms with Gasteiger partial charge in [-0.15, -0.1) is 0 Å². The number of allylic oxidation sites excluding steroid dienone is 4. The highest BCUT2D eigenvalue weighted by molar-refractivity contribution is 5.78. The molecule has 0 aliphatic carbocycles. The van der Waals surface area contributed by atoms with E-state index in [9.17, 15) is 0 Å². The van der Waals surface area contributed by atoms with Gasteiger partial charge in [-0.1, -0.05) is 234 Å². The van der Waals surface area contributed by atoms with Gasteiger partial charge in [-0.25, -0.2) is 0 Å². The molecule has 270 valence electrons. The fourth-order valence-electron chi connectivity index (χ4n) is 5.47. The zero-order chi connectivity index (χ0) is 38.4. The van der Waals surface area contributed by atoms with Crippen molar-refractivity contribution in [1.82, 2.24) is 0 Å². The van der Waals surface area contributed by atoms with Crippen LogP contribution in [0.1, 0.15) is 84.5 Å². The van der Waals surface area contributed by atoms with E-state index in [0.717, 1.165) is 17.6 Å². The quantitative estimate of drug-likeness (QED) is 0.132. The number of rotatable bonds is 9. The third-order valence-corrected chi connectivity index (χ3v) is 8.98. The maximum absolute atomic E-state index is 4.18. The summed E-state index contributed by atoms with van der Waals surface area (Å²) in [6, 6.07) is 54.7. The van der Waals surface area contributed by atoms with Gasteiger partial charge in [0.15, 0.2) is 0 Å². The van der Waals surface area contributed by atoms with Crippen LogP contribution < -0.4 is 0 Å². The first kappa shape index (κ1) is 41.7. The van der Waals surface area contributed by atoms with Crippen LogP contribution in [-0.4, -0.2) is 0 Å². The van der Waals surface area contributed by atoms with Gasteiger partial charge in [-0.3, -0.25) is 0 Å². The van der Waals surface area contributed by atoms with Gasteiger partial charge < -0.3 is 0 Å². The normalized spacial score (nSPS) is 10.9. The number of benzene rings is 6. The van der Waals surface area contributed by atoms with Crippen molar-refractivity contribution in [2.24, 2.45) is 0 Å². The molecule has 0 aliphatic rings. The predicted molar refractivity (Wildman–Crippen MR) is 238 cm³/mol. The second-order valence-corrected chi connectivity index (χ2v) is 13.0. The SMILES string of the molecule is C=C(/C=C\c1ccccc1C(C)CC)c1ccc(C)cc1.C=C(/C=C\c1ccccc1C)c1ccc(C)cc1.CC.c1ccc(-c2ccccc2)cc1. The van der Waals surface area contributed by atoms with Crippen molar-refractivity contribution in [3.8, 4) is 11.1 Å². The third-order valence-electron chi connectivity index (χ3n) is 8.98. The maximum atomic E-state index is 4.18. The lowest BCUT2D eigenvalue weighted by Crippen LogP contribution is -1.94. The van der Waals surface area contributed by atoms with Crippen LogP contribution in [0.3, 0.4) is 0 Å². The van der Waals surface area contributed by atoms with Gasteiger partial charge >= 0.3 is 0 Å².